The number of aromatic nitrogens is 2. The Bertz CT molecular complexity index is 1070. The van der Waals surface area contributed by atoms with Crippen LogP contribution in [0.3, 0.4) is 0 Å². The number of urea groups is 1. The molecule has 2 aromatic carbocycles. The number of aryl methyl sites for hydroxylation is 1. The number of hydrogen-bond donors (Lipinski definition) is 1. The van der Waals surface area contributed by atoms with Crippen LogP contribution in [0.1, 0.15) is 6.92 Å². The van der Waals surface area contributed by atoms with Gasteiger partial charge in [-0.3, -0.25) is 0 Å². The molecule has 3 aromatic rings. The number of nitrogens with zero attached hydrogens (tertiary/aromatic N) is 4. The quantitative estimate of drug-likeness (QED) is 0.722. The summed E-state index contributed by atoms with van der Waals surface area (Å²) in [5.74, 6) is 2.36. The molecule has 1 saturated heterocycles. The lowest BCUT2D eigenvalue weighted by Crippen LogP contribution is -2.50. The van der Waals surface area contributed by atoms with E-state index in [1.165, 1.54) is 0 Å². The van der Waals surface area contributed by atoms with E-state index in [0.29, 0.717) is 43.5 Å². The molecule has 0 radical (unpaired) electrons. The molecule has 0 spiro atoms. The Kier molecular flexibility index (Phi) is 4.82. The van der Waals surface area contributed by atoms with Crippen molar-refractivity contribution in [3.63, 3.8) is 0 Å². The Hall–Kier alpha value is -3.42. The minimum absolute atomic E-state index is 0.102. The van der Waals surface area contributed by atoms with Crippen molar-refractivity contribution in [2.45, 2.75) is 13.5 Å². The highest BCUT2D eigenvalue weighted by Gasteiger charge is 2.25. The molecule has 3 heterocycles. The Labute approximate surface area is 175 Å². The summed E-state index contributed by atoms with van der Waals surface area (Å²) < 4.78 is 13.4. The first kappa shape index (κ1) is 18.6. The fourth-order valence-electron chi connectivity index (χ4n) is 4.05. The molecule has 0 saturated carbocycles. The van der Waals surface area contributed by atoms with Gasteiger partial charge in [-0.05, 0) is 31.2 Å². The number of nitrogens with one attached hydrogen (secondary N) is 1. The second-order valence-electron chi connectivity index (χ2n) is 7.41. The number of piperazine rings is 1. The van der Waals surface area contributed by atoms with Crippen molar-refractivity contribution < 1.29 is 14.3 Å². The molecule has 0 bridgehead atoms. The van der Waals surface area contributed by atoms with Crippen molar-refractivity contribution in [1.82, 2.24) is 14.5 Å². The number of anilines is 2. The van der Waals surface area contributed by atoms with Gasteiger partial charge in [0.2, 0.25) is 5.95 Å². The Balaban J connectivity index is 1.24. The van der Waals surface area contributed by atoms with Crippen LogP contribution in [0.4, 0.5) is 16.4 Å². The molecule has 156 valence electrons. The zero-order valence-electron chi connectivity index (χ0n) is 17.0. The summed E-state index contributed by atoms with van der Waals surface area (Å²) in [6.07, 6.45) is 0. The maximum Gasteiger partial charge on any atom is 0.321 e. The van der Waals surface area contributed by atoms with E-state index in [0.717, 1.165) is 36.6 Å². The molecule has 0 atom stereocenters. The lowest BCUT2D eigenvalue weighted by Gasteiger charge is -2.35. The van der Waals surface area contributed by atoms with Gasteiger partial charge >= 0.3 is 6.03 Å². The average Bonchev–Trinajstić information content (AvgIpc) is 3.18. The number of carbonyl (C=O) groups is 1. The number of benzene rings is 2. The van der Waals surface area contributed by atoms with Gasteiger partial charge in [-0.1, -0.05) is 12.1 Å². The van der Waals surface area contributed by atoms with Crippen LogP contribution >= 0.6 is 0 Å². The smallest absolute Gasteiger partial charge is 0.321 e. The summed E-state index contributed by atoms with van der Waals surface area (Å²) in [6.45, 7) is 6.85. The van der Waals surface area contributed by atoms with Crippen LogP contribution in [0.25, 0.3) is 11.0 Å². The fourth-order valence-corrected chi connectivity index (χ4v) is 4.05. The molecule has 2 aliphatic rings. The average molecular weight is 407 g/mol. The van der Waals surface area contributed by atoms with Crippen LogP contribution in [-0.4, -0.2) is 59.9 Å². The highest BCUT2D eigenvalue weighted by Crippen LogP contribution is 2.32. The summed E-state index contributed by atoms with van der Waals surface area (Å²) in [6, 6.07) is 13.6. The minimum atomic E-state index is -0.102. The molecule has 1 N–H and O–H groups in total. The van der Waals surface area contributed by atoms with E-state index in [1.807, 2.05) is 41.3 Å². The number of rotatable bonds is 3. The maximum atomic E-state index is 12.7. The van der Waals surface area contributed by atoms with Crippen LogP contribution in [-0.2, 0) is 6.54 Å². The van der Waals surface area contributed by atoms with Gasteiger partial charge in [0.25, 0.3) is 0 Å². The van der Waals surface area contributed by atoms with Crippen molar-refractivity contribution in [3.05, 3.63) is 42.5 Å². The first-order chi connectivity index (χ1) is 14.7. The first-order valence-electron chi connectivity index (χ1n) is 10.4. The molecule has 2 amide bonds. The molecule has 8 heteroatoms. The summed E-state index contributed by atoms with van der Waals surface area (Å²) in [5.41, 5.74) is 2.86. The molecular weight excluding hydrogens is 382 g/mol. The van der Waals surface area contributed by atoms with Crippen molar-refractivity contribution in [2.24, 2.45) is 0 Å². The molecule has 1 fully saturated rings. The zero-order valence-corrected chi connectivity index (χ0v) is 17.0. The second-order valence-corrected chi connectivity index (χ2v) is 7.41. The fraction of sp³-hybridized carbons (Fsp3) is 0.364. The number of amides is 2. The van der Waals surface area contributed by atoms with Crippen LogP contribution in [0.15, 0.2) is 42.5 Å². The zero-order chi connectivity index (χ0) is 20.5. The maximum absolute atomic E-state index is 12.7. The summed E-state index contributed by atoms with van der Waals surface area (Å²) in [7, 11) is 0. The molecule has 8 nitrogen and oxygen atoms in total. The number of para-hydroxylation sites is 2. The van der Waals surface area contributed by atoms with Crippen LogP contribution in [0, 0.1) is 0 Å². The van der Waals surface area contributed by atoms with E-state index >= 15 is 0 Å². The number of fused-ring (bicyclic) bond motifs is 2. The van der Waals surface area contributed by atoms with Gasteiger partial charge in [0, 0.05) is 44.5 Å². The first-order valence-corrected chi connectivity index (χ1v) is 10.4. The number of hydrogen-bond acceptors (Lipinski definition) is 5. The summed E-state index contributed by atoms with van der Waals surface area (Å²) in [5, 5.41) is 2.97. The van der Waals surface area contributed by atoms with E-state index in [1.54, 1.807) is 0 Å². The lowest BCUT2D eigenvalue weighted by molar-refractivity contribution is 0.171. The highest BCUT2D eigenvalue weighted by atomic mass is 16.6. The third kappa shape index (κ3) is 3.38. The Morgan fingerprint density at radius 3 is 2.60 bits per heavy atom. The number of ether oxygens (including phenoxy) is 2. The Morgan fingerprint density at radius 1 is 1.03 bits per heavy atom. The summed E-state index contributed by atoms with van der Waals surface area (Å²) in [4.78, 5) is 21.7. The van der Waals surface area contributed by atoms with E-state index < -0.39 is 0 Å². The van der Waals surface area contributed by atoms with Crippen LogP contribution in [0.2, 0.25) is 0 Å². The van der Waals surface area contributed by atoms with E-state index in [4.69, 9.17) is 14.5 Å². The van der Waals surface area contributed by atoms with Crippen molar-refractivity contribution in [1.29, 1.82) is 0 Å². The van der Waals surface area contributed by atoms with E-state index in [2.05, 4.69) is 27.8 Å². The van der Waals surface area contributed by atoms with Crippen molar-refractivity contribution in [2.75, 3.05) is 49.6 Å². The van der Waals surface area contributed by atoms with Gasteiger partial charge in [-0.25, -0.2) is 9.78 Å². The van der Waals surface area contributed by atoms with Gasteiger partial charge < -0.3 is 29.2 Å². The van der Waals surface area contributed by atoms with Gasteiger partial charge in [-0.2, -0.15) is 0 Å². The molecule has 1 aromatic heterocycles. The second kappa shape index (κ2) is 7.78. The van der Waals surface area contributed by atoms with Gasteiger partial charge in [0.05, 0.1) is 11.0 Å². The standard InChI is InChI=1S/C22H25N5O3/c1-2-27-18-6-4-3-5-17(18)24-21(27)25-9-11-26(12-10-25)22(28)23-16-7-8-19-20(15-16)30-14-13-29-19/h3-8,15H,2,9-14H2,1H3,(H,23,28). The third-order valence-electron chi connectivity index (χ3n) is 5.59. The monoisotopic (exact) mass is 407 g/mol. The predicted molar refractivity (Wildman–Crippen MR) is 116 cm³/mol. The van der Waals surface area contributed by atoms with Gasteiger partial charge in [0.1, 0.15) is 13.2 Å². The molecule has 0 unspecified atom stereocenters. The van der Waals surface area contributed by atoms with Gasteiger partial charge in [0.15, 0.2) is 11.5 Å². The third-order valence-corrected chi connectivity index (χ3v) is 5.59. The number of imidazole rings is 1. The SMILES string of the molecule is CCn1c(N2CCN(C(=O)Nc3ccc4c(c3)OCCO4)CC2)nc2ccccc21. The molecular formula is C22H25N5O3. The van der Waals surface area contributed by atoms with E-state index in [9.17, 15) is 4.79 Å². The normalized spacial score (nSPS) is 16.0. The topological polar surface area (TPSA) is 71.9 Å². The predicted octanol–water partition coefficient (Wildman–Crippen LogP) is 3.18. The molecule has 30 heavy (non-hydrogen) atoms. The molecule has 0 aliphatic carbocycles. The minimum Gasteiger partial charge on any atom is -0.486 e. The van der Waals surface area contributed by atoms with Crippen molar-refractivity contribution >= 4 is 28.7 Å². The molecule has 5 rings (SSSR count). The lowest BCUT2D eigenvalue weighted by atomic mass is 10.2. The van der Waals surface area contributed by atoms with Crippen LogP contribution in [0.5, 0.6) is 11.5 Å². The van der Waals surface area contributed by atoms with Crippen LogP contribution < -0.4 is 19.7 Å². The Morgan fingerprint density at radius 2 is 1.80 bits per heavy atom. The van der Waals surface area contributed by atoms with Gasteiger partial charge in [-0.15, -0.1) is 0 Å². The highest BCUT2D eigenvalue weighted by molar-refractivity contribution is 5.90. The summed E-state index contributed by atoms with van der Waals surface area (Å²) >= 11 is 0. The van der Waals surface area contributed by atoms with E-state index in [-0.39, 0.29) is 6.03 Å². The molecule has 2 aliphatic heterocycles. The number of carbonyl (C=O) groups excluding carboxylic acids is 1. The van der Waals surface area contributed by atoms with Crippen molar-refractivity contribution in [3.8, 4) is 11.5 Å². The largest absolute Gasteiger partial charge is 0.486 e.